The standard InChI is InChI=1S/C7H11NO3/c1-3-11-7(10)5-4-6(9)8-2/h4-5H,3H2,1-2H3,(H,8,9)/b5-4+. The molecule has 0 saturated carbocycles. The van der Waals surface area contributed by atoms with Gasteiger partial charge in [0, 0.05) is 19.2 Å². The zero-order valence-corrected chi connectivity index (χ0v) is 6.59. The molecule has 62 valence electrons. The van der Waals surface area contributed by atoms with Gasteiger partial charge in [0.25, 0.3) is 0 Å². The lowest BCUT2D eigenvalue weighted by molar-refractivity contribution is -0.137. The summed E-state index contributed by atoms with van der Waals surface area (Å²) in [6, 6.07) is 0. The summed E-state index contributed by atoms with van der Waals surface area (Å²) in [4.78, 5) is 21.1. The van der Waals surface area contributed by atoms with Crippen molar-refractivity contribution in [2.45, 2.75) is 6.92 Å². The van der Waals surface area contributed by atoms with E-state index in [4.69, 9.17) is 0 Å². The average molecular weight is 157 g/mol. The minimum Gasteiger partial charge on any atom is -0.463 e. The van der Waals surface area contributed by atoms with Crippen LogP contribution in [0.2, 0.25) is 0 Å². The van der Waals surface area contributed by atoms with E-state index in [1.807, 2.05) is 0 Å². The molecule has 0 fully saturated rings. The first-order valence-corrected chi connectivity index (χ1v) is 3.27. The molecule has 0 aliphatic rings. The van der Waals surface area contributed by atoms with Crippen LogP contribution in [0.4, 0.5) is 0 Å². The van der Waals surface area contributed by atoms with Crippen LogP contribution in [0.5, 0.6) is 0 Å². The fourth-order valence-corrected chi connectivity index (χ4v) is 0.417. The lowest BCUT2D eigenvalue weighted by atomic mass is 10.5. The molecule has 4 nitrogen and oxygen atoms in total. The smallest absolute Gasteiger partial charge is 0.330 e. The van der Waals surface area contributed by atoms with Crippen LogP contribution in [0.25, 0.3) is 0 Å². The van der Waals surface area contributed by atoms with Crippen molar-refractivity contribution in [2.24, 2.45) is 0 Å². The number of nitrogens with one attached hydrogen (secondary N) is 1. The molecule has 0 saturated heterocycles. The van der Waals surface area contributed by atoms with Crippen molar-refractivity contribution in [3.63, 3.8) is 0 Å². The van der Waals surface area contributed by atoms with Gasteiger partial charge in [0.2, 0.25) is 5.91 Å². The molecule has 11 heavy (non-hydrogen) atoms. The van der Waals surface area contributed by atoms with E-state index >= 15 is 0 Å². The SMILES string of the molecule is CCOC(=O)/C=C/C(=O)NC. The number of amides is 1. The maximum absolute atomic E-state index is 10.6. The first kappa shape index (κ1) is 9.68. The number of carbonyl (C=O) groups is 2. The molecular formula is C7H11NO3. The van der Waals surface area contributed by atoms with Crippen molar-refractivity contribution in [1.29, 1.82) is 0 Å². The van der Waals surface area contributed by atoms with Crippen LogP contribution in [0, 0.1) is 0 Å². The summed E-state index contributed by atoms with van der Waals surface area (Å²) in [5.41, 5.74) is 0. The predicted octanol–water partition coefficient (Wildman–Crippen LogP) is -0.148. The second-order valence-electron chi connectivity index (χ2n) is 1.70. The molecule has 0 heterocycles. The lowest BCUT2D eigenvalue weighted by Crippen LogP contribution is -2.14. The number of carbonyl (C=O) groups excluding carboxylic acids is 2. The van der Waals surface area contributed by atoms with Gasteiger partial charge in [-0.25, -0.2) is 4.79 Å². The first-order chi connectivity index (χ1) is 5.20. The summed E-state index contributed by atoms with van der Waals surface area (Å²) in [7, 11) is 1.48. The van der Waals surface area contributed by atoms with Crippen molar-refractivity contribution < 1.29 is 14.3 Å². The molecule has 0 radical (unpaired) electrons. The Labute approximate surface area is 65.2 Å². The van der Waals surface area contributed by atoms with Gasteiger partial charge in [-0.2, -0.15) is 0 Å². The molecule has 1 N–H and O–H groups in total. The Morgan fingerprint density at radius 3 is 2.55 bits per heavy atom. The van der Waals surface area contributed by atoms with Crippen LogP contribution < -0.4 is 5.32 Å². The van der Waals surface area contributed by atoms with Crippen LogP contribution in [-0.4, -0.2) is 25.5 Å². The highest BCUT2D eigenvalue weighted by Crippen LogP contribution is 1.80. The number of ether oxygens (including phenoxy) is 1. The molecule has 0 atom stereocenters. The van der Waals surface area contributed by atoms with Crippen molar-refractivity contribution in [3.05, 3.63) is 12.2 Å². The molecule has 0 aromatic carbocycles. The largest absolute Gasteiger partial charge is 0.463 e. The maximum Gasteiger partial charge on any atom is 0.330 e. The van der Waals surface area contributed by atoms with Crippen LogP contribution in [0.1, 0.15) is 6.92 Å². The van der Waals surface area contributed by atoms with Gasteiger partial charge in [-0.05, 0) is 6.92 Å². The van der Waals surface area contributed by atoms with Gasteiger partial charge in [-0.15, -0.1) is 0 Å². The number of hydrogen-bond acceptors (Lipinski definition) is 3. The Kier molecular flexibility index (Phi) is 4.81. The quantitative estimate of drug-likeness (QED) is 0.458. The van der Waals surface area contributed by atoms with Crippen LogP contribution in [0.15, 0.2) is 12.2 Å². The topological polar surface area (TPSA) is 55.4 Å². The minimum atomic E-state index is -0.504. The lowest BCUT2D eigenvalue weighted by Gasteiger charge is -1.93. The Hall–Kier alpha value is -1.32. The van der Waals surface area contributed by atoms with Gasteiger partial charge in [0.15, 0.2) is 0 Å². The van der Waals surface area contributed by atoms with Gasteiger partial charge < -0.3 is 10.1 Å². The third-order valence-corrected chi connectivity index (χ3v) is 0.904. The van der Waals surface area contributed by atoms with E-state index in [0.717, 1.165) is 12.2 Å². The van der Waals surface area contributed by atoms with Gasteiger partial charge in [0.05, 0.1) is 6.61 Å². The van der Waals surface area contributed by atoms with Crippen LogP contribution in [-0.2, 0) is 14.3 Å². The highest BCUT2D eigenvalue weighted by molar-refractivity contribution is 5.94. The third-order valence-electron chi connectivity index (χ3n) is 0.904. The Morgan fingerprint density at radius 2 is 2.09 bits per heavy atom. The molecular weight excluding hydrogens is 146 g/mol. The molecule has 0 rings (SSSR count). The number of hydrogen-bond donors (Lipinski definition) is 1. The molecule has 0 unspecified atom stereocenters. The number of esters is 1. The summed E-state index contributed by atoms with van der Waals surface area (Å²) >= 11 is 0. The molecule has 0 aliphatic carbocycles. The number of rotatable bonds is 3. The van der Waals surface area contributed by atoms with Crippen molar-refractivity contribution in [2.75, 3.05) is 13.7 Å². The molecule has 0 aromatic heterocycles. The highest BCUT2D eigenvalue weighted by atomic mass is 16.5. The molecule has 0 spiro atoms. The molecule has 0 aliphatic heterocycles. The van der Waals surface area contributed by atoms with Crippen molar-refractivity contribution >= 4 is 11.9 Å². The Balaban J connectivity index is 3.73. The van der Waals surface area contributed by atoms with Gasteiger partial charge >= 0.3 is 5.97 Å². The fourth-order valence-electron chi connectivity index (χ4n) is 0.417. The molecule has 0 aromatic rings. The molecule has 4 heteroatoms. The average Bonchev–Trinajstić information content (AvgIpc) is 2.01. The van der Waals surface area contributed by atoms with Gasteiger partial charge in [-0.3, -0.25) is 4.79 Å². The number of likely N-dealkylation sites (N-methyl/N-ethyl adjacent to an activating group) is 1. The van der Waals surface area contributed by atoms with E-state index in [0.29, 0.717) is 6.61 Å². The zero-order valence-electron chi connectivity index (χ0n) is 6.59. The van der Waals surface area contributed by atoms with Crippen LogP contribution >= 0.6 is 0 Å². The summed E-state index contributed by atoms with van der Waals surface area (Å²) in [5.74, 6) is -0.825. The van der Waals surface area contributed by atoms with E-state index in [-0.39, 0.29) is 5.91 Å². The van der Waals surface area contributed by atoms with Crippen molar-refractivity contribution in [3.8, 4) is 0 Å². The van der Waals surface area contributed by atoms with E-state index in [1.54, 1.807) is 6.92 Å². The van der Waals surface area contributed by atoms with Crippen LogP contribution in [0.3, 0.4) is 0 Å². The maximum atomic E-state index is 10.6. The van der Waals surface area contributed by atoms with E-state index in [2.05, 4.69) is 10.1 Å². The third kappa shape index (κ3) is 5.14. The van der Waals surface area contributed by atoms with E-state index in [9.17, 15) is 9.59 Å². The molecule has 1 amide bonds. The second-order valence-corrected chi connectivity index (χ2v) is 1.70. The molecule has 0 bridgehead atoms. The summed E-state index contributed by atoms with van der Waals surface area (Å²) in [6.45, 7) is 2.02. The normalized spacial score (nSPS) is 9.64. The Bertz CT molecular complexity index is 175. The monoisotopic (exact) mass is 157 g/mol. The fraction of sp³-hybridized carbons (Fsp3) is 0.429. The zero-order chi connectivity index (χ0) is 8.69. The first-order valence-electron chi connectivity index (χ1n) is 3.27. The minimum absolute atomic E-state index is 0.316. The van der Waals surface area contributed by atoms with E-state index < -0.39 is 5.97 Å². The second kappa shape index (κ2) is 5.46. The van der Waals surface area contributed by atoms with E-state index in [1.165, 1.54) is 7.05 Å². The Morgan fingerprint density at radius 1 is 1.45 bits per heavy atom. The highest BCUT2D eigenvalue weighted by Gasteiger charge is 1.94. The van der Waals surface area contributed by atoms with Gasteiger partial charge in [-0.1, -0.05) is 0 Å². The van der Waals surface area contributed by atoms with Gasteiger partial charge in [0.1, 0.15) is 0 Å². The van der Waals surface area contributed by atoms with Crippen molar-refractivity contribution in [1.82, 2.24) is 5.32 Å². The summed E-state index contributed by atoms with van der Waals surface area (Å²) in [6.07, 6.45) is 2.21. The predicted molar refractivity (Wildman–Crippen MR) is 39.8 cm³/mol. The summed E-state index contributed by atoms with van der Waals surface area (Å²) < 4.78 is 4.53. The summed E-state index contributed by atoms with van der Waals surface area (Å²) in [5, 5.41) is 2.33.